The molecule has 1 unspecified atom stereocenters. The van der Waals surface area contributed by atoms with Crippen LogP contribution >= 0.6 is 0 Å². The van der Waals surface area contributed by atoms with Crippen LogP contribution < -0.4 is 5.32 Å². The second-order valence-corrected chi connectivity index (χ2v) is 6.53. The Labute approximate surface area is 156 Å². The summed E-state index contributed by atoms with van der Waals surface area (Å²) in [5.74, 6) is 0.614. The minimum absolute atomic E-state index is 0.139. The Hall–Kier alpha value is -3.41. The molecule has 2 amide bonds. The molecule has 1 aliphatic heterocycles. The highest BCUT2D eigenvalue weighted by atomic mass is 16.2. The van der Waals surface area contributed by atoms with Gasteiger partial charge in [-0.15, -0.1) is 0 Å². The highest BCUT2D eigenvalue weighted by Crippen LogP contribution is 2.18. The third kappa shape index (κ3) is 3.33. The summed E-state index contributed by atoms with van der Waals surface area (Å²) in [6, 6.07) is 5.31. The van der Waals surface area contributed by atoms with Gasteiger partial charge in [0.2, 0.25) is 5.78 Å². The number of nitrogens with zero attached hydrogens (tertiary/aromatic N) is 7. The van der Waals surface area contributed by atoms with Gasteiger partial charge in [-0.1, -0.05) is 6.92 Å². The molecule has 3 aromatic rings. The van der Waals surface area contributed by atoms with Crippen LogP contribution in [-0.2, 0) is 13.1 Å². The number of fused-ring (bicyclic) bond motifs is 2. The summed E-state index contributed by atoms with van der Waals surface area (Å²) in [5, 5.41) is 16.4. The highest BCUT2D eigenvalue weighted by molar-refractivity contribution is 5.74. The molecule has 0 saturated carbocycles. The van der Waals surface area contributed by atoms with Gasteiger partial charge in [0.05, 0.1) is 24.0 Å². The van der Waals surface area contributed by atoms with Crippen molar-refractivity contribution < 1.29 is 4.79 Å². The number of carbonyl (C=O) groups is 1. The molecule has 4 rings (SSSR count). The van der Waals surface area contributed by atoms with Gasteiger partial charge < -0.3 is 10.2 Å². The summed E-state index contributed by atoms with van der Waals surface area (Å²) >= 11 is 0. The molecule has 0 bridgehead atoms. The Bertz CT molecular complexity index is 981. The lowest BCUT2D eigenvalue weighted by molar-refractivity contribution is 0.191. The molecular weight excluding hydrogens is 344 g/mol. The molecule has 0 saturated heterocycles. The van der Waals surface area contributed by atoms with Gasteiger partial charge in [-0.25, -0.2) is 14.8 Å². The molecule has 9 heteroatoms. The van der Waals surface area contributed by atoms with Crippen molar-refractivity contribution in [1.82, 2.24) is 34.4 Å². The van der Waals surface area contributed by atoms with E-state index in [1.165, 1.54) is 0 Å². The van der Waals surface area contributed by atoms with E-state index < -0.39 is 0 Å². The number of hydrogen-bond acceptors (Lipinski definition) is 5. The Morgan fingerprint density at radius 2 is 2.33 bits per heavy atom. The van der Waals surface area contributed by atoms with E-state index in [9.17, 15) is 4.79 Å². The number of carbonyl (C=O) groups excluding carboxylic acids is 1. The number of imidazole rings is 1. The lowest BCUT2D eigenvalue weighted by Crippen LogP contribution is -2.41. The molecule has 0 spiro atoms. The van der Waals surface area contributed by atoms with Gasteiger partial charge in [-0.05, 0) is 25.0 Å². The van der Waals surface area contributed by atoms with Crippen molar-refractivity contribution in [2.24, 2.45) is 0 Å². The van der Waals surface area contributed by atoms with E-state index in [0.717, 1.165) is 24.2 Å². The molecule has 1 N–H and O–H groups in total. The van der Waals surface area contributed by atoms with E-state index in [1.54, 1.807) is 17.2 Å². The van der Waals surface area contributed by atoms with Gasteiger partial charge in [-0.3, -0.25) is 9.08 Å². The zero-order valence-electron chi connectivity index (χ0n) is 15.0. The number of aryl methyl sites for hydroxylation is 1. The fourth-order valence-corrected chi connectivity index (χ4v) is 3.33. The summed E-state index contributed by atoms with van der Waals surface area (Å²) in [6.07, 6.45) is 6.99. The van der Waals surface area contributed by atoms with Crippen LogP contribution in [0.3, 0.4) is 0 Å². The minimum Gasteiger partial charge on any atom is -0.330 e. The lowest BCUT2D eigenvalue weighted by atomic mass is 10.2. The van der Waals surface area contributed by atoms with Crippen LogP contribution in [0.1, 0.15) is 42.9 Å². The molecule has 0 fully saturated rings. The number of amides is 2. The first-order chi connectivity index (χ1) is 13.2. The largest absolute Gasteiger partial charge is 0.330 e. The quantitative estimate of drug-likeness (QED) is 0.764. The van der Waals surface area contributed by atoms with Crippen LogP contribution in [0.15, 0.2) is 30.7 Å². The summed E-state index contributed by atoms with van der Waals surface area (Å²) in [5.41, 5.74) is 2.05. The zero-order valence-corrected chi connectivity index (χ0v) is 15.0. The average molecular weight is 364 g/mol. The standard InChI is InChI=1S/C18H20N8O/c1-2-15(16-12-24-6-3-5-20-17(24)21-16)22-18(27)25-7-4-8-26-14(11-25)9-13(10-19)23-26/h3,5-6,9,12,15H,2,4,7-8,11H2,1H3,(H,22,27). The predicted molar refractivity (Wildman–Crippen MR) is 96.5 cm³/mol. The van der Waals surface area contributed by atoms with Crippen molar-refractivity contribution in [3.05, 3.63) is 47.8 Å². The molecule has 1 atom stereocenters. The number of nitrogens with one attached hydrogen (secondary N) is 1. The lowest BCUT2D eigenvalue weighted by Gasteiger charge is -2.24. The molecule has 138 valence electrons. The number of urea groups is 1. The van der Waals surface area contributed by atoms with Crippen molar-refractivity contribution in [1.29, 1.82) is 5.26 Å². The predicted octanol–water partition coefficient (Wildman–Crippen LogP) is 1.86. The Kier molecular flexibility index (Phi) is 4.46. The van der Waals surface area contributed by atoms with Crippen molar-refractivity contribution in [3.8, 4) is 6.07 Å². The van der Waals surface area contributed by atoms with E-state index in [1.807, 2.05) is 34.5 Å². The van der Waals surface area contributed by atoms with Crippen LogP contribution in [0, 0.1) is 11.3 Å². The number of nitriles is 1. The van der Waals surface area contributed by atoms with Crippen molar-refractivity contribution >= 4 is 11.8 Å². The first-order valence-electron chi connectivity index (χ1n) is 9.00. The SMILES string of the molecule is CCC(NC(=O)N1CCCn2nc(C#N)cc2C1)c1cn2cccnc2n1. The van der Waals surface area contributed by atoms with E-state index >= 15 is 0 Å². The van der Waals surface area contributed by atoms with Gasteiger partial charge in [0.1, 0.15) is 6.07 Å². The van der Waals surface area contributed by atoms with Gasteiger partial charge in [0, 0.05) is 31.7 Å². The number of rotatable bonds is 3. The van der Waals surface area contributed by atoms with Crippen molar-refractivity contribution in [3.63, 3.8) is 0 Å². The number of hydrogen-bond donors (Lipinski definition) is 1. The molecule has 3 aromatic heterocycles. The zero-order chi connectivity index (χ0) is 18.8. The molecule has 27 heavy (non-hydrogen) atoms. The second kappa shape index (κ2) is 7.07. The van der Waals surface area contributed by atoms with E-state index in [2.05, 4.69) is 26.5 Å². The molecule has 9 nitrogen and oxygen atoms in total. The van der Waals surface area contributed by atoms with Crippen LogP contribution in [0.2, 0.25) is 0 Å². The average Bonchev–Trinajstić information content (AvgIpc) is 3.23. The normalized spacial score (nSPS) is 15.0. The molecule has 0 aromatic carbocycles. The maximum atomic E-state index is 12.9. The third-order valence-corrected chi connectivity index (χ3v) is 4.73. The monoisotopic (exact) mass is 364 g/mol. The maximum absolute atomic E-state index is 12.9. The fourth-order valence-electron chi connectivity index (χ4n) is 3.33. The van der Waals surface area contributed by atoms with E-state index in [4.69, 9.17) is 5.26 Å². The van der Waals surface area contributed by atoms with Gasteiger partial charge in [0.25, 0.3) is 0 Å². The Morgan fingerprint density at radius 3 is 3.11 bits per heavy atom. The van der Waals surface area contributed by atoms with E-state index in [0.29, 0.717) is 31.1 Å². The van der Waals surface area contributed by atoms with Crippen LogP contribution in [0.25, 0.3) is 5.78 Å². The maximum Gasteiger partial charge on any atom is 0.318 e. The summed E-state index contributed by atoms with van der Waals surface area (Å²) in [7, 11) is 0. The second-order valence-electron chi connectivity index (χ2n) is 6.53. The smallest absolute Gasteiger partial charge is 0.318 e. The Morgan fingerprint density at radius 1 is 1.44 bits per heavy atom. The first kappa shape index (κ1) is 17.0. The van der Waals surface area contributed by atoms with Crippen molar-refractivity contribution in [2.45, 2.75) is 38.9 Å². The fraction of sp³-hybridized carbons (Fsp3) is 0.389. The van der Waals surface area contributed by atoms with Crippen LogP contribution in [0.5, 0.6) is 0 Å². The summed E-state index contributed by atoms with van der Waals surface area (Å²) in [4.78, 5) is 23.4. The minimum atomic E-state index is -0.193. The molecule has 0 aliphatic carbocycles. The van der Waals surface area contributed by atoms with Gasteiger partial charge in [-0.2, -0.15) is 10.4 Å². The third-order valence-electron chi connectivity index (χ3n) is 4.73. The summed E-state index contributed by atoms with van der Waals surface area (Å²) in [6.45, 7) is 3.79. The molecule has 0 radical (unpaired) electrons. The topological polar surface area (TPSA) is 104 Å². The highest BCUT2D eigenvalue weighted by Gasteiger charge is 2.24. The Balaban J connectivity index is 1.50. The molecule has 4 heterocycles. The number of aromatic nitrogens is 5. The molecular formula is C18H20N8O. The molecule has 1 aliphatic rings. The van der Waals surface area contributed by atoms with Crippen LogP contribution in [0.4, 0.5) is 4.79 Å². The first-order valence-corrected chi connectivity index (χ1v) is 9.00. The summed E-state index contributed by atoms with van der Waals surface area (Å²) < 4.78 is 3.66. The van der Waals surface area contributed by atoms with Gasteiger partial charge >= 0.3 is 6.03 Å². The van der Waals surface area contributed by atoms with Crippen LogP contribution in [-0.4, -0.2) is 41.6 Å². The van der Waals surface area contributed by atoms with Gasteiger partial charge in [0.15, 0.2) is 5.69 Å². The van der Waals surface area contributed by atoms with Crippen molar-refractivity contribution in [2.75, 3.05) is 6.54 Å². The van der Waals surface area contributed by atoms with E-state index in [-0.39, 0.29) is 12.1 Å².